The monoisotopic (exact) mass is 425 g/mol. The quantitative estimate of drug-likeness (QED) is 0.612. The Balaban J connectivity index is 1.65. The summed E-state index contributed by atoms with van der Waals surface area (Å²) in [5, 5.41) is 0. The standard InChI is InChI=1S/C20H23N7O2S/c1-25(2)30(28,29)27-12-10-26(11-13-27)20-23-15-18(16-5-8-21-9-6-16)19(24-20)17-4-3-7-22-14-17/h3-9,14-15H,10-13H2,1-2H3. The molecule has 4 rings (SSSR count). The summed E-state index contributed by atoms with van der Waals surface area (Å²) in [4.78, 5) is 19.7. The molecule has 0 atom stereocenters. The predicted molar refractivity (Wildman–Crippen MR) is 115 cm³/mol. The predicted octanol–water partition coefficient (Wildman–Crippen LogP) is 1.53. The molecule has 4 heterocycles. The average molecular weight is 426 g/mol. The van der Waals surface area contributed by atoms with Gasteiger partial charge in [0.25, 0.3) is 10.2 Å². The van der Waals surface area contributed by atoms with Gasteiger partial charge in [-0.05, 0) is 29.8 Å². The molecule has 1 fully saturated rings. The van der Waals surface area contributed by atoms with E-state index in [1.165, 1.54) is 8.61 Å². The third-order valence-corrected chi connectivity index (χ3v) is 6.95. The number of pyridine rings is 2. The van der Waals surface area contributed by atoms with Crippen LogP contribution in [0.2, 0.25) is 0 Å². The third-order valence-electron chi connectivity index (χ3n) is 5.01. The molecule has 1 aliphatic heterocycles. The van der Waals surface area contributed by atoms with Crippen LogP contribution in [0, 0.1) is 0 Å². The van der Waals surface area contributed by atoms with E-state index in [1.807, 2.05) is 35.4 Å². The lowest BCUT2D eigenvalue weighted by molar-refractivity contribution is 0.354. The van der Waals surface area contributed by atoms with E-state index in [0.29, 0.717) is 32.1 Å². The number of aromatic nitrogens is 4. The molecule has 10 heteroatoms. The highest BCUT2D eigenvalue weighted by Gasteiger charge is 2.29. The van der Waals surface area contributed by atoms with Gasteiger partial charge in [-0.25, -0.2) is 9.97 Å². The third kappa shape index (κ3) is 4.02. The summed E-state index contributed by atoms with van der Waals surface area (Å²) in [6.45, 7) is 1.82. The van der Waals surface area contributed by atoms with E-state index in [9.17, 15) is 8.42 Å². The van der Waals surface area contributed by atoms with E-state index in [0.717, 1.165) is 22.4 Å². The topological polar surface area (TPSA) is 95.4 Å². The van der Waals surface area contributed by atoms with E-state index < -0.39 is 10.2 Å². The molecule has 0 N–H and O–H groups in total. The van der Waals surface area contributed by atoms with Crippen molar-refractivity contribution in [2.75, 3.05) is 45.2 Å². The molecule has 3 aromatic rings. The van der Waals surface area contributed by atoms with Gasteiger partial charge in [0.2, 0.25) is 5.95 Å². The van der Waals surface area contributed by atoms with Crippen LogP contribution < -0.4 is 4.90 Å². The lowest BCUT2D eigenvalue weighted by Crippen LogP contribution is -2.52. The minimum Gasteiger partial charge on any atom is -0.338 e. The molecule has 1 saturated heterocycles. The van der Waals surface area contributed by atoms with Crippen LogP contribution in [0.25, 0.3) is 22.4 Å². The first-order valence-corrected chi connectivity index (χ1v) is 11.0. The molecular formula is C20H23N7O2S. The Hall–Kier alpha value is -2.95. The fraction of sp³-hybridized carbons (Fsp3) is 0.300. The Bertz CT molecular complexity index is 1100. The number of anilines is 1. The first-order valence-electron chi connectivity index (χ1n) is 9.57. The van der Waals surface area contributed by atoms with Gasteiger partial charge >= 0.3 is 0 Å². The van der Waals surface area contributed by atoms with Crippen molar-refractivity contribution in [2.24, 2.45) is 0 Å². The van der Waals surface area contributed by atoms with Crippen molar-refractivity contribution in [3.63, 3.8) is 0 Å². The van der Waals surface area contributed by atoms with Gasteiger partial charge < -0.3 is 4.90 Å². The van der Waals surface area contributed by atoms with E-state index in [1.54, 1.807) is 38.9 Å². The van der Waals surface area contributed by atoms with Crippen LogP contribution in [-0.2, 0) is 10.2 Å². The van der Waals surface area contributed by atoms with Crippen molar-refractivity contribution in [3.05, 3.63) is 55.2 Å². The van der Waals surface area contributed by atoms with Crippen molar-refractivity contribution in [1.29, 1.82) is 0 Å². The zero-order valence-corrected chi connectivity index (χ0v) is 17.7. The lowest BCUT2D eigenvalue weighted by atomic mass is 10.0. The van der Waals surface area contributed by atoms with E-state index in [4.69, 9.17) is 4.98 Å². The summed E-state index contributed by atoms with van der Waals surface area (Å²) in [7, 11) is -0.326. The molecular weight excluding hydrogens is 402 g/mol. The molecule has 156 valence electrons. The minimum absolute atomic E-state index is 0.387. The summed E-state index contributed by atoms with van der Waals surface area (Å²) in [6, 6.07) is 7.68. The van der Waals surface area contributed by atoms with Crippen LogP contribution in [0.4, 0.5) is 5.95 Å². The maximum Gasteiger partial charge on any atom is 0.281 e. The number of nitrogens with zero attached hydrogens (tertiary/aromatic N) is 7. The Morgan fingerprint density at radius 2 is 1.63 bits per heavy atom. The molecule has 9 nitrogen and oxygen atoms in total. The van der Waals surface area contributed by atoms with Crippen LogP contribution in [0.5, 0.6) is 0 Å². The summed E-state index contributed by atoms with van der Waals surface area (Å²) in [6.07, 6.45) is 8.78. The summed E-state index contributed by atoms with van der Waals surface area (Å²) < 4.78 is 27.4. The highest BCUT2D eigenvalue weighted by molar-refractivity contribution is 7.86. The summed E-state index contributed by atoms with van der Waals surface area (Å²) in [5.41, 5.74) is 3.53. The summed E-state index contributed by atoms with van der Waals surface area (Å²) in [5.74, 6) is 0.577. The van der Waals surface area contributed by atoms with Gasteiger partial charge in [-0.1, -0.05) is 0 Å². The second-order valence-corrected chi connectivity index (χ2v) is 9.23. The molecule has 0 unspecified atom stereocenters. The SMILES string of the molecule is CN(C)S(=O)(=O)N1CCN(c2ncc(-c3ccncc3)c(-c3cccnc3)n2)CC1. The van der Waals surface area contributed by atoms with Crippen LogP contribution in [-0.4, -0.2) is 77.2 Å². The minimum atomic E-state index is -3.41. The second kappa shape index (κ2) is 8.42. The maximum absolute atomic E-state index is 12.4. The molecule has 0 radical (unpaired) electrons. The molecule has 1 aliphatic rings. The largest absolute Gasteiger partial charge is 0.338 e. The van der Waals surface area contributed by atoms with Crippen LogP contribution >= 0.6 is 0 Å². The highest BCUT2D eigenvalue weighted by Crippen LogP contribution is 2.31. The van der Waals surface area contributed by atoms with E-state index >= 15 is 0 Å². The summed E-state index contributed by atoms with van der Waals surface area (Å²) >= 11 is 0. The molecule has 0 amide bonds. The fourth-order valence-corrected chi connectivity index (χ4v) is 4.43. The molecule has 30 heavy (non-hydrogen) atoms. The molecule has 0 saturated carbocycles. The zero-order chi connectivity index (χ0) is 21.1. The van der Waals surface area contributed by atoms with Crippen molar-refractivity contribution < 1.29 is 8.42 Å². The number of hydrogen-bond acceptors (Lipinski definition) is 7. The molecule has 0 aliphatic carbocycles. The van der Waals surface area contributed by atoms with Crippen LogP contribution in [0.3, 0.4) is 0 Å². The van der Waals surface area contributed by atoms with E-state index in [2.05, 4.69) is 15.0 Å². The molecule has 0 bridgehead atoms. The number of hydrogen-bond donors (Lipinski definition) is 0. The van der Waals surface area contributed by atoms with Crippen molar-refractivity contribution in [1.82, 2.24) is 28.5 Å². The molecule has 0 spiro atoms. The van der Waals surface area contributed by atoms with E-state index in [-0.39, 0.29) is 0 Å². The van der Waals surface area contributed by atoms with Gasteiger partial charge in [-0.2, -0.15) is 17.0 Å². The maximum atomic E-state index is 12.4. The number of rotatable bonds is 5. The molecule has 3 aromatic heterocycles. The van der Waals surface area contributed by atoms with Crippen LogP contribution in [0.15, 0.2) is 55.2 Å². The van der Waals surface area contributed by atoms with Crippen molar-refractivity contribution in [3.8, 4) is 22.4 Å². The fourth-order valence-electron chi connectivity index (χ4n) is 3.34. The van der Waals surface area contributed by atoms with Gasteiger partial charge in [0.05, 0.1) is 5.69 Å². The zero-order valence-electron chi connectivity index (χ0n) is 16.9. The Kier molecular flexibility index (Phi) is 5.71. The van der Waals surface area contributed by atoms with Gasteiger partial charge in [0, 0.05) is 82.4 Å². The Labute approximate surface area is 176 Å². The average Bonchev–Trinajstić information content (AvgIpc) is 2.80. The smallest absolute Gasteiger partial charge is 0.281 e. The van der Waals surface area contributed by atoms with Gasteiger partial charge in [0.1, 0.15) is 0 Å². The Morgan fingerprint density at radius 3 is 2.27 bits per heavy atom. The Morgan fingerprint density at radius 1 is 0.900 bits per heavy atom. The van der Waals surface area contributed by atoms with Crippen molar-refractivity contribution >= 4 is 16.2 Å². The highest BCUT2D eigenvalue weighted by atomic mass is 32.2. The second-order valence-electron chi connectivity index (χ2n) is 7.09. The first-order chi connectivity index (χ1) is 14.5. The van der Waals surface area contributed by atoms with Gasteiger partial charge in [0.15, 0.2) is 0 Å². The molecule has 0 aromatic carbocycles. The van der Waals surface area contributed by atoms with Crippen LogP contribution in [0.1, 0.15) is 0 Å². The first kappa shape index (κ1) is 20.3. The number of piperazine rings is 1. The lowest BCUT2D eigenvalue weighted by Gasteiger charge is -2.35. The van der Waals surface area contributed by atoms with Gasteiger partial charge in [-0.15, -0.1) is 0 Å². The van der Waals surface area contributed by atoms with Gasteiger partial charge in [-0.3, -0.25) is 9.97 Å². The van der Waals surface area contributed by atoms with Crippen molar-refractivity contribution in [2.45, 2.75) is 0 Å². The normalized spacial score (nSPS) is 15.5.